The predicted molar refractivity (Wildman–Crippen MR) is 68.3 cm³/mol. The summed E-state index contributed by atoms with van der Waals surface area (Å²) in [6.45, 7) is 1.84. The largest absolute Gasteiger partial charge is 0.453 e. The van der Waals surface area contributed by atoms with Crippen LogP contribution in [0, 0.1) is 6.92 Å². The average Bonchev–Trinajstić information content (AvgIpc) is 2.96. The van der Waals surface area contributed by atoms with E-state index in [9.17, 15) is 13.2 Å². The van der Waals surface area contributed by atoms with Crippen molar-refractivity contribution in [3.8, 4) is 10.7 Å². The van der Waals surface area contributed by atoms with E-state index in [1.165, 1.54) is 0 Å². The lowest BCUT2D eigenvalue weighted by molar-refractivity contribution is -0.146. The first kappa shape index (κ1) is 13.5. The van der Waals surface area contributed by atoms with Crippen LogP contribution in [-0.2, 0) is 13.2 Å². The second-order valence-corrected chi connectivity index (χ2v) is 5.74. The number of nitrogens with zero attached hydrogens (tertiary/aromatic N) is 6. The molecule has 20 heavy (non-hydrogen) atoms. The van der Waals surface area contributed by atoms with Crippen molar-refractivity contribution in [2.24, 2.45) is 7.05 Å². The molecule has 6 nitrogen and oxygen atoms in total. The third kappa shape index (κ3) is 1.92. The van der Waals surface area contributed by atoms with E-state index in [1.807, 2.05) is 6.92 Å². The summed E-state index contributed by atoms with van der Waals surface area (Å²) in [5.41, 5.74) is 1.33. The van der Waals surface area contributed by atoms with E-state index in [-0.39, 0.29) is 4.96 Å². The van der Waals surface area contributed by atoms with Crippen LogP contribution in [-0.4, -0.2) is 29.6 Å². The van der Waals surface area contributed by atoms with E-state index in [1.54, 1.807) is 11.7 Å². The molecule has 0 unspecified atom stereocenters. The molecule has 0 aliphatic rings. The first-order valence-electron chi connectivity index (χ1n) is 5.28. The Morgan fingerprint density at radius 2 is 1.90 bits per heavy atom. The Kier molecular flexibility index (Phi) is 2.87. The zero-order chi connectivity index (χ0) is 14.7. The number of aromatic nitrogens is 6. The molecule has 0 saturated carbocycles. The molecule has 0 aliphatic carbocycles. The van der Waals surface area contributed by atoms with E-state index in [0.29, 0.717) is 19.7 Å². The number of hydrogen-bond acceptors (Lipinski definition) is 5. The second kappa shape index (κ2) is 4.25. The Hall–Kier alpha value is -1.49. The van der Waals surface area contributed by atoms with Crippen LogP contribution in [0.2, 0.25) is 0 Å². The molecule has 11 heteroatoms. The second-order valence-electron chi connectivity index (χ2n) is 3.99. The van der Waals surface area contributed by atoms with E-state index in [0.717, 1.165) is 17.0 Å². The van der Waals surface area contributed by atoms with Gasteiger partial charge in [-0.25, -0.2) is 0 Å². The van der Waals surface area contributed by atoms with Gasteiger partial charge in [0.25, 0.3) is 5.82 Å². The van der Waals surface area contributed by atoms with Gasteiger partial charge in [0.15, 0.2) is 5.01 Å². The van der Waals surface area contributed by atoms with Crippen LogP contribution >= 0.6 is 27.3 Å². The van der Waals surface area contributed by atoms with Gasteiger partial charge in [-0.3, -0.25) is 4.68 Å². The minimum atomic E-state index is -4.60. The van der Waals surface area contributed by atoms with Crippen molar-refractivity contribution < 1.29 is 13.2 Å². The molecular weight excluding hydrogens is 361 g/mol. The summed E-state index contributed by atoms with van der Waals surface area (Å²) in [6, 6.07) is 0. The highest BCUT2D eigenvalue weighted by molar-refractivity contribution is 9.10. The topological polar surface area (TPSA) is 60.9 Å². The van der Waals surface area contributed by atoms with Crippen LogP contribution < -0.4 is 0 Å². The van der Waals surface area contributed by atoms with Crippen molar-refractivity contribution in [1.82, 2.24) is 29.6 Å². The standard InChI is InChI=1S/C9H6BrF3N6S/c1-3-4(10)5(16-18(3)2)6-17-19-7(9(11,12)13)14-15-8(19)20-6/h1-2H3. The molecule has 106 valence electrons. The number of rotatable bonds is 1. The summed E-state index contributed by atoms with van der Waals surface area (Å²) >= 11 is 4.35. The zero-order valence-corrected chi connectivity index (χ0v) is 12.5. The Labute approximate surface area is 122 Å². The van der Waals surface area contributed by atoms with Gasteiger partial charge >= 0.3 is 6.18 Å². The molecule has 0 radical (unpaired) electrons. The van der Waals surface area contributed by atoms with Crippen LogP contribution in [0.5, 0.6) is 0 Å². The third-order valence-electron chi connectivity index (χ3n) is 2.71. The zero-order valence-electron chi connectivity index (χ0n) is 10.1. The molecular formula is C9H6BrF3N6S. The van der Waals surface area contributed by atoms with Crippen LogP contribution in [0.1, 0.15) is 11.5 Å². The van der Waals surface area contributed by atoms with Gasteiger partial charge in [0.2, 0.25) is 4.96 Å². The average molecular weight is 367 g/mol. The fraction of sp³-hybridized carbons (Fsp3) is 0.333. The van der Waals surface area contributed by atoms with Crippen LogP contribution in [0.3, 0.4) is 0 Å². The molecule has 0 N–H and O–H groups in total. The fourth-order valence-electron chi connectivity index (χ4n) is 1.61. The van der Waals surface area contributed by atoms with Crippen LogP contribution in [0.25, 0.3) is 15.7 Å². The molecule has 3 aromatic heterocycles. The van der Waals surface area contributed by atoms with Gasteiger partial charge in [0.1, 0.15) is 5.69 Å². The summed E-state index contributed by atoms with van der Waals surface area (Å²) in [6.07, 6.45) is -4.60. The predicted octanol–water partition coefficient (Wildman–Crippen LogP) is 2.68. The maximum Gasteiger partial charge on any atom is 0.453 e. The summed E-state index contributed by atoms with van der Waals surface area (Å²) in [5.74, 6) is -1.14. The number of halogens is 4. The smallest absolute Gasteiger partial charge is 0.271 e. The van der Waals surface area contributed by atoms with Crippen LogP contribution in [0.15, 0.2) is 4.47 Å². The van der Waals surface area contributed by atoms with Gasteiger partial charge in [-0.15, -0.1) is 10.2 Å². The first-order chi connectivity index (χ1) is 9.29. The quantitative estimate of drug-likeness (QED) is 0.664. The minimum Gasteiger partial charge on any atom is -0.271 e. The summed E-state index contributed by atoms with van der Waals surface area (Å²) in [5, 5.41) is 15.1. The fourth-order valence-corrected chi connectivity index (χ4v) is 3.09. The Morgan fingerprint density at radius 1 is 1.20 bits per heavy atom. The molecule has 3 aromatic rings. The molecule has 3 heterocycles. The van der Waals surface area contributed by atoms with Gasteiger partial charge in [0, 0.05) is 12.7 Å². The number of aryl methyl sites for hydroxylation is 1. The minimum absolute atomic E-state index is 0.0718. The monoisotopic (exact) mass is 366 g/mol. The van der Waals surface area contributed by atoms with Gasteiger partial charge in [0.05, 0.1) is 4.47 Å². The lowest BCUT2D eigenvalue weighted by Gasteiger charge is -1.99. The summed E-state index contributed by atoms with van der Waals surface area (Å²) in [7, 11) is 1.74. The lowest BCUT2D eigenvalue weighted by Crippen LogP contribution is -2.11. The molecule has 3 rings (SSSR count). The van der Waals surface area contributed by atoms with Gasteiger partial charge in [-0.2, -0.15) is 27.9 Å². The molecule has 0 aromatic carbocycles. The van der Waals surface area contributed by atoms with Crippen molar-refractivity contribution in [2.75, 3.05) is 0 Å². The number of alkyl halides is 3. The van der Waals surface area contributed by atoms with Gasteiger partial charge in [-0.05, 0) is 22.9 Å². The van der Waals surface area contributed by atoms with Crippen molar-refractivity contribution in [3.63, 3.8) is 0 Å². The normalized spacial score (nSPS) is 12.5. The van der Waals surface area contributed by atoms with E-state index < -0.39 is 12.0 Å². The van der Waals surface area contributed by atoms with E-state index in [4.69, 9.17) is 0 Å². The van der Waals surface area contributed by atoms with Crippen molar-refractivity contribution >= 4 is 32.2 Å². The van der Waals surface area contributed by atoms with Crippen molar-refractivity contribution in [2.45, 2.75) is 13.1 Å². The van der Waals surface area contributed by atoms with Gasteiger partial charge < -0.3 is 0 Å². The lowest BCUT2D eigenvalue weighted by atomic mass is 10.4. The molecule has 0 saturated heterocycles. The van der Waals surface area contributed by atoms with Crippen molar-refractivity contribution in [3.05, 3.63) is 16.0 Å². The highest BCUT2D eigenvalue weighted by atomic mass is 79.9. The first-order valence-corrected chi connectivity index (χ1v) is 6.89. The Balaban J connectivity index is 2.19. The molecule has 0 spiro atoms. The van der Waals surface area contributed by atoms with E-state index >= 15 is 0 Å². The van der Waals surface area contributed by atoms with Crippen LogP contribution in [0.4, 0.5) is 13.2 Å². The highest BCUT2D eigenvalue weighted by Gasteiger charge is 2.38. The SMILES string of the molecule is Cc1c(Br)c(-c2nn3c(C(F)(F)F)nnc3s2)nn1C. The number of fused-ring (bicyclic) bond motifs is 1. The van der Waals surface area contributed by atoms with Crippen molar-refractivity contribution in [1.29, 1.82) is 0 Å². The molecule has 0 aliphatic heterocycles. The summed E-state index contributed by atoms with van der Waals surface area (Å²) < 4.78 is 41.2. The molecule has 0 fully saturated rings. The Morgan fingerprint density at radius 3 is 2.45 bits per heavy atom. The Bertz CT molecular complexity index is 801. The maximum atomic E-state index is 12.7. The third-order valence-corrected chi connectivity index (χ3v) is 4.56. The van der Waals surface area contributed by atoms with Gasteiger partial charge in [-0.1, -0.05) is 11.3 Å². The molecule has 0 atom stereocenters. The maximum absolute atomic E-state index is 12.7. The summed E-state index contributed by atoms with van der Waals surface area (Å²) in [4.78, 5) is 0.0718. The van der Waals surface area contributed by atoms with E-state index in [2.05, 4.69) is 36.3 Å². The molecule has 0 bridgehead atoms. The highest BCUT2D eigenvalue weighted by Crippen LogP contribution is 2.34. The number of hydrogen-bond donors (Lipinski definition) is 0. The molecule has 0 amide bonds.